The van der Waals surface area contributed by atoms with E-state index in [0.717, 1.165) is 10.9 Å². The maximum atomic E-state index is 12.5. The average molecular weight is 243 g/mol. The van der Waals surface area contributed by atoms with E-state index in [-0.39, 0.29) is 5.78 Å². The van der Waals surface area contributed by atoms with Crippen LogP contribution in [-0.4, -0.2) is 21.5 Å². The number of hydrogen-bond donors (Lipinski definition) is 1. The zero-order valence-electron chi connectivity index (χ0n) is 10.7. The Bertz CT molecular complexity index is 568. The predicted molar refractivity (Wildman–Crippen MR) is 71.6 cm³/mol. The number of Topliss-reactive ketones (excluding diaryl/α,β-unsaturated/α-hetero) is 1. The highest BCUT2D eigenvalue weighted by Gasteiger charge is 2.33. The third kappa shape index (κ3) is 2.02. The molecule has 2 aromatic rings. The first-order chi connectivity index (χ1) is 8.62. The van der Waals surface area contributed by atoms with Crippen LogP contribution in [0.3, 0.4) is 0 Å². The normalized spacial score (nSPS) is 11.7. The van der Waals surface area contributed by atoms with Crippen LogP contribution >= 0.6 is 0 Å². The van der Waals surface area contributed by atoms with E-state index < -0.39 is 5.60 Å². The minimum Gasteiger partial charge on any atom is -0.382 e. The van der Waals surface area contributed by atoms with Crippen molar-refractivity contribution in [2.45, 2.75) is 32.3 Å². The quantitative estimate of drug-likeness (QED) is 0.840. The van der Waals surface area contributed by atoms with Gasteiger partial charge in [-0.25, -0.2) is 0 Å². The first-order valence-electron chi connectivity index (χ1n) is 6.23. The summed E-state index contributed by atoms with van der Waals surface area (Å²) in [6.45, 7) is 3.65. The molecule has 0 fully saturated rings. The Hall–Kier alpha value is -1.74. The summed E-state index contributed by atoms with van der Waals surface area (Å²) in [5.41, 5.74) is 0.0501. The van der Waals surface area contributed by atoms with Crippen LogP contribution in [0.4, 0.5) is 0 Å². The van der Waals surface area contributed by atoms with Crippen LogP contribution in [0.2, 0.25) is 0 Å². The first kappa shape index (κ1) is 12.7. The fourth-order valence-electron chi connectivity index (χ4n) is 2.12. The smallest absolute Gasteiger partial charge is 0.194 e. The summed E-state index contributed by atoms with van der Waals surface area (Å²) in [5.74, 6) is -0.217. The standard InChI is InChI=1S/C15H17NO2/c1-3-15(18,4-2)14(17)12-7-5-9-13-11(12)8-6-10-16-13/h5-10,18H,3-4H2,1-2H3. The highest BCUT2D eigenvalue weighted by Crippen LogP contribution is 2.25. The van der Waals surface area contributed by atoms with Crippen LogP contribution in [0.1, 0.15) is 37.0 Å². The molecule has 0 aliphatic carbocycles. The molecule has 1 aromatic carbocycles. The molecule has 0 saturated heterocycles. The minimum atomic E-state index is -1.27. The molecule has 94 valence electrons. The van der Waals surface area contributed by atoms with E-state index in [9.17, 15) is 9.90 Å². The number of ketones is 1. The van der Waals surface area contributed by atoms with Gasteiger partial charge in [0.25, 0.3) is 0 Å². The molecule has 3 heteroatoms. The maximum absolute atomic E-state index is 12.5. The fraction of sp³-hybridized carbons (Fsp3) is 0.333. The number of benzene rings is 1. The monoisotopic (exact) mass is 243 g/mol. The maximum Gasteiger partial charge on any atom is 0.194 e. The number of carbonyl (C=O) groups is 1. The summed E-state index contributed by atoms with van der Waals surface area (Å²) in [6, 6.07) is 9.08. The topological polar surface area (TPSA) is 50.2 Å². The van der Waals surface area contributed by atoms with Gasteiger partial charge in [-0.05, 0) is 25.0 Å². The number of carbonyl (C=O) groups excluding carboxylic acids is 1. The molecule has 1 aromatic heterocycles. The van der Waals surface area contributed by atoms with Crippen LogP contribution in [0.15, 0.2) is 36.5 Å². The van der Waals surface area contributed by atoms with Crippen molar-refractivity contribution in [1.82, 2.24) is 4.98 Å². The van der Waals surface area contributed by atoms with Crippen molar-refractivity contribution in [2.24, 2.45) is 0 Å². The van der Waals surface area contributed by atoms with Gasteiger partial charge >= 0.3 is 0 Å². The third-order valence-electron chi connectivity index (χ3n) is 3.48. The molecular weight excluding hydrogens is 226 g/mol. The Balaban J connectivity index is 2.58. The summed E-state index contributed by atoms with van der Waals surface area (Å²) < 4.78 is 0. The lowest BCUT2D eigenvalue weighted by Gasteiger charge is -2.24. The van der Waals surface area contributed by atoms with Gasteiger partial charge in [0.05, 0.1) is 5.52 Å². The van der Waals surface area contributed by atoms with Crippen molar-refractivity contribution >= 4 is 16.7 Å². The highest BCUT2D eigenvalue weighted by molar-refractivity contribution is 6.11. The number of pyridine rings is 1. The minimum absolute atomic E-state index is 0.217. The molecule has 1 heterocycles. The third-order valence-corrected chi connectivity index (χ3v) is 3.48. The average Bonchev–Trinajstić information content (AvgIpc) is 2.45. The van der Waals surface area contributed by atoms with Gasteiger partial charge in [-0.1, -0.05) is 32.0 Å². The molecular formula is C15H17NO2. The van der Waals surface area contributed by atoms with Gasteiger partial charge in [0, 0.05) is 17.1 Å². The van der Waals surface area contributed by atoms with Gasteiger partial charge in [-0.15, -0.1) is 0 Å². The van der Waals surface area contributed by atoms with Crippen molar-refractivity contribution < 1.29 is 9.90 Å². The summed E-state index contributed by atoms with van der Waals surface area (Å²) in [5, 5.41) is 11.1. The van der Waals surface area contributed by atoms with Crippen molar-refractivity contribution in [3.05, 3.63) is 42.1 Å². The predicted octanol–water partition coefficient (Wildman–Crippen LogP) is 2.97. The molecule has 0 aliphatic rings. The van der Waals surface area contributed by atoms with Crippen LogP contribution < -0.4 is 0 Å². The number of rotatable bonds is 4. The number of nitrogens with zero attached hydrogens (tertiary/aromatic N) is 1. The Morgan fingerprint density at radius 2 is 1.94 bits per heavy atom. The first-order valence-corrected chi connectivity index (χ1v) is 6.23. The molecule has 0 saturated carbocycles. The van der Waals surface area contributed by atoms with E-state index >= 15 is 0 Å². The van der Waals surface area contributed by atoms with Crippen molar-refractivity contribution in [3.63, 3.8) is 0 Å². The summed E-state index contributed by atoms with van der Waals surface area (Å²) in [6.07, 6.45) is 2.53. The van der Waals surface area contributed by atoms with E-state index in [1.165, 1.54) is 0 Å². The Morgan fingerprint density at radius 3 is 2.61 bits per heavy atom. The number of aliphatic hydroxyl groups is 1. The Morgan fingerprint density at radius 1 is 1.22 bits per heavy atom. The van der Waals surface area contributed by atoms with E-state index in [1.807, 2.05) is 26.0 Å². The summed E-state index contributed by atoms with van der Waals surface area (Å²) in [4.78, 5) is 16.7. The number of fused-ring (bicyclic) bond motifs is 1. The molecule has 0 atom stereocenters. The second kappa shape index (κ2) is 4.86. The molecule has 18 heavy (non-hydrogen) atoms. The molecule has 0 unspecified atom stereocenters. The van der Waals surface area contributed by atoms with Gasteiger partial charge in [0.15, 0.2) is 5.78 Å². The Kier molecular flexibility index (Phi) is 3.43. The second-order valence-electron chi connectivity index (χ2n) is 4.44. The van der Waals surface area contributed by atoms with Gasteiger partial charge in [0.1, 0.15) is 5.60 Å². The van der Waals surface area contributed by atoms with Crippen LogP contribution in [0, 0.1) is 0 Å². The number of hydrogen-bond acceptors (Lipinski definition) is 3. The molecule has 3 nitrogen and oxygen atoms in total. The van der Waals surface area contributed by atoms with Crippen molar-refractivity contribution in [2.75, 3.05) is 0 Å². The molecule has 2 rings (SSSR count). The molecule has 0 spiro atoms. The molecule has 0 radical (unpaired) electrons. The van der Waals surface area contributed by atoms with E-state index in [0.29, 0.717) is 18.4 Å². The zero-order chi connectivity index (χ0) is 13.2. The van der Waals surface area contributed by atoms with Gasteiger partial charge in [0.2, 0.25) is 0 Å². The van der Waals surface area contributed by atoms with Crippen LogP contribution in [-0.2, 0) is 0 Å². The van der Waals surface area contributed by atoms with Gasteiger partial charge in [-0.3, -0.25) is 9.78 Å². The lowest BCUT2D eigenvalue weighted by molar-refractivity contribution is 0.0279. The second-order valence-corrected chi connectivity index (χ2v) is 4.44. The molecule has 1 N–H and O–H groups in total. The highest BCUT2D eigenvalue weighted by atomic mass is 16.3. The SMILES string of the molecule is CCC(O)(CC)C(=O)c1cccc2ncccc12. The van der Waals surface area contributed by atoms with Gasteiger partial charge in [-0.2, -0.15) is 0 Å². The lowest BCUT2D eigenvalue weighted by Crippen LogP contribution is -2.37. The van der Waals surface area contributed by atoms with E-state index in [2.05, 4.69) is 4.98 Å². The van der Waals surface area contributed by atoms with Crippen LogP contribution in [0.5, 0.6) is 0 Å². The number of aromatic nitrogens is 1. The molecule has 0 amide bonds. The summed E-state index contributed by atoms with van der Waals surface area (Å²) >= 11 is 0. The summed E-state index contributed by atoms with van der Waals surface area (Å²) in [7, 11) is 0. The largest absolute Gasteiger partial charge is 0.382 e. The van der Waals surface area contributed by atoms with Crippen LogP contribution in [0.25, 0.3) is 10.9 Å². The zero-order valence-corrected chi connectivity index (χ0v) is 10.7. The van der Waals surface area contributed by atoms with Crippen molar-refractivity contribution in [3.8, 4) is 0 Å². The van der Waals surface area contributed by atoms with Gasteiger partial charge < -0.3 is 5.11 Å². The molecule has 0 aliphatic heterocycles. The van der Waals surface area contributed by atoms with E-state index in [4.69, 9.17) is 0 Å². The molecule has 0 bridgehead atoms. The van der Waals surface area contributed by atoms with Crippen molar-refractivity contribution in [1.29, 1.82) is 0 Å². The van der Waals surface area contributed by atoms with E-state index in [1.54, 1.807) is 24.4 Å². The lowest BCUT2D eigenvalue weighted by atomic mass is 9.86. The Labute approximate surface area is 106 Å². The fourth-order valence-corrected chi connectivity index (χ4v) is 2.12.